The number of hydrogen-bond donors (Lipinski definition) is 2. The van der Waals surface area contributed by atoms with Crippen molar-refractivity contribution in [3.63, 3.8) is 0 Å². The van der Waals surface area contributed by atoms with Crippen molar-refractivity contribution in [1.29, 1.82) is 0 Å². The lowest BCUT2D eigenvalue weighted by molar-refractivity contribution is -0.129. The summed E-state index contributed by atoms with van der Waals surface area (Å²) >= 11 is 0. The van der Waals surface area contributed by atoms with Gasteiger partial charge in [0.25, 0.3) is 0 Å². The van der Waals surface area contributed by atoms with Gasteiger partial charge in [0.2, 0.25) is 5.91 Å². The van der Waals surface area contributed by atoms with Gasteiger partial charge in [-0.3, -0.25) is 4.79 Å². The second-order valence-electron chi connectivity index (χ2n) is 5.20. The molecule has 1 amide bonds. The van der Waals surface area contributed by atoms with Crippen LogP contribution in [0.25, 0.3) is 0 Å². The van der Waals surface area contributed by atoms with Gasteiger partial charge in [-0.1, -0.05) is 23.8 Å². The summed E-state index contributed by atoms with van der Waals surface area (Å²) in [4.78, 5) is 11.9. The van der Waals surface area contributed by atoms with Gasteiger partial charge in [0.15, 0.2) is 0 Å². The highest BCUT2D eigenvalue weighted by atomic mass is 16.2. The summed E-state index contributed by atoms with van der Waals surface area (Å²) in [5, 5.41) is 2.93. The monoisotopic (exact) mass is 234 g/mol. The topological polar surface area (TPSA) is 55.1 Å². The van der Waals surface area contributed by atoms with Crippen molar-refractivity contribution in [3.8, 4) is 0 Å². The van der Waals surface area contributed by atoms with Crippen molar-refractivity contribution in [2.24, 2.45) is 11.1 Å². The second kappa shape index (κ2) is 5.32. The van der Waals surface area contributed by atoms with E-state index in [0.717, 1.165) is 5.56 Å². The SMILES string of the molecule is Cc1ccc(CNC(=O)C(C)(C)CN)c(C)c1. The summed E-state index contributed by atoms with van der Waals surface area (Å²) in [5.41, 5.74) is 8.65. The number of rotatable bonds is 4. The summed E-state index contributed by atoms with van der Waals surface area (Å²) in [5.74, 6) is -0.0000231. The molecule has 3 N–H and O–H groups in total. The molecule has 0 aliphatic carbocycles. The third-order valence-corrected chi connectivity index (χ3v) is 3.06. The van der Waals surface area contributed by atoms with E-state index in [9.17, 15) is 4.79 Å². The molecule has 3 nitrogen and oxygen atoms in total. The molecule has 0 fully saturated rings. The fraction of sp³-hybridized carbons (Fsp3) is 0.500. The van der Waals surface area contributed by atoms with Crippen molar-refractivity contribution in [2.75, 3.05) is 6.54 Å². The number of nitrogens with two attached hydrogens (primary N) is 1. The van der Waals surface area contributed by atoms with Crippen LogP contribution in [0.15, 0.2) is 18.2 Å². The first kappa shape index (κ1) is 13.7. The molecule has 0 bridgehead atoms. The third kappa shape index (κ3) is 3.56. The van der Waals surface area contributed by atoms with Crippen LogP contribution in [0.2, 0.25) is 0 Å². The van der Waals surface area contributed by atoms with Gasteiger partial charge in [0, 0.05) is 13.1 Å². The maximum Gasteiger partial charge on any atom is 0.227 e. The molecule has 1 aromatic carbocycles. The van der Waals surface area contributed by atoms with Crippen molar-refractivity contribution < 1.29 is 4.79 Å². The Balaban J connectivity index is 2.65. The number of carbonyl (C=O) groups excluding carboxylic acids is 1. The maximum atomic E-state index is 11.9. The molecule has 1 aromatic rings. The molecule has 0 aliphatic rings. The highest BCUT2D eigenvalue weighted by Gasteiger charge is 2.25. The molecule has 3 heteroatoms. The first-order chi connectivity index (χ1) is 7.86. The largest absolute Gasteiger partial charge is 0.352 e. The smallest absolute Gasteiger partial charge is 0.227 e. The zero-order chi connectivity index (χ0) is 13.1. The Kier molecular flexibility index (Phi) is 4.29. The predicted octanol–water partition coefficient (Wildman–Crippen LogP) is 1.90. The van der Waals surface area contributed by atoms with Crippen LogP contribution in [0.1, 0.15) is 30.5 Å². The lowest BCUT2D eigenvalue weighted by Crippen LogP contribution is -2.41. The lowest BCUT2D eigenvalue weighted by atomic mass is 9.92. The quantitative estimate of drug-likeness (QED) is 0.836. The van der Waals surface area contributed by atoms with Crippen LogP contribution in [0.4, 0.5) is 0 Å². The normalized spacial score (nSPS) is 11.4. The van der Waals surface area contributed by atoms with Gasteiger partial charge in [-0.05, 0) is 38.8 Å². The molecule has 0 heterocycles. The van der Waals surface area contributed by atoms with Gasteiger partial charge < -0.3 is 11.1 Å². The molecule has 0 radical (unpaired) electrons. The zero-order valence-electron chi connectivity index (χ0n) is 11.1. The van der Waals surface area contributed by atoms with Crippen LogP contribution in [-0.2, 0) is 11.3 Å². The molecule has 0 saturated heterocycles. The lowest BCUT2D eigenvalue weighted by Gasteiger charge is -2.21. The molecule has 0 spiro atoms. The minimum absolute atomic E-state index is 0.0000231. The Bertz CT molecular complexity index is 411. The first-order valence-electron chi connectivity index (χ1n) is 5.91. The minimum Gasteiger partial charge on any atom is -0.352 e. The summed E-state index contributed by atoms with van der Waals surface area (Å²) in [6, 6.07) is 6.23. The molecule has 0 unspecified atom stereocenters. The minimum atomic E-state index is -0.501. The van der Waals surface area contributed by atoms with Crippen LogP contribution in [0, 0.1) is 19.3 Å². The maximum absolute atomic E-state index is 11.9. The van der Waals surface area contributed by atoms with Crippen molar-refractivity contribution in [3.05, 3.63) is 34.9 Å². The summed E-state index contributed by atoms with van der Waals surface area (Å²) in [6.45, 7) is 8.74. The van der Waals surface area contributed by atoms with E-state index in [4.69, 9.17) is 5.73 Å². The molecule has 0 saturated carbocycles. The number of benzene rings is 1. The van der Waals surface area contributed by atoms with Crippen LogP contribution in [0.5, 0.6) is 0 Å². The number of nitrogens with one attached hydrogen (secondary N) is 1. The van der Waals surface area contributed by atoms with Crippen LogP contribution in [-0.4, -0.2) is 12.5 Å². The summed E-state index contributed by atoms with van der Waals surface area (Å²) < 4.78 is 0. The van der Waals surface area contributed by atoms with E-state index in [1.165, 1.54) is 11.1 Å². The number of hydrogen-bond acceptors (Lipinski definition) is 2. The zero-order valence-corrected chi connectivity index (χ0v) is 11.1. The van der Waals surface area contributed by atoms with Crippen molar-refractivity contribution in [2.45, 2.75) is 34.2 Å². The first-order valence-corrected chi connectivity index (χ1v) is 5.91. The molecule has 0 aliphatic heterocycles. The second-order valence-corrected chi connectivity index (χ2v) is 5.20. The fourth-order valence-corrected chi connectivity index (χ4v) is 1.55. The van der Waals surface area contributed by atoms with Gasteiger partial charge >= 0.3 is 0 Å². The highest BCUT2D eigenvalue weighted by molar-refractivity contribution is 5.82. The van der Waals surface area contributed by atoms with Crippen LogP contribution >= 0.6 is 0 Å². The van der Waals surface area contributed by atoms with E-state index in [1.807, 2.05) is 13.8 Å². The molecule has 0 aromatic heterocycles. The van der Waals surface area contributed by atoms with E-state index in [2.05, 4.69) is 37.4 Å². The van der Waals surface area contributed by atoms with Crippen molar-refractivity contribution >= 4 is 5.91 Å². The van der Waals surface area contributed by atoms with Gasteiger partial charge in [-0.15, -0.1) is 0 Å². The van der Waals surface area contributed by atoms with Crippen LogP contribution < -0.4 is 11.1 Å². The third-order valence-electron chi connectivity index (χ3n) is 3.06. The standard InChI is InChI=1S/C14H22N2O/c1-10-5-6-12(11(2)7-10)8-16-13(17)14(3,4)9-15/h5-7H,8-9,15H2,1-4H3,(H,16,17). The number of carbonyl (C=O) groups is 1. The van der Waals surface area contributed by atoms with E-state index >= 15 is 0 Å². The van der Waals surface area contributed by atoms with E-state index in [-0.39, 0.29) is 5.91 Å². The predicted molar refractivity (Wildman–Crippen MR) is 70.6 cm³/mol. The number of amides is 1. The van der Waals surface area contributed by atoms with E-state index in [1.54, 1.807) is 0 Å². The highest BCUT2D eigenvalue weighted by Crippen LogP contribution is 2.14. The molecule has 17 heavy (non-hydrogen) atoms. The van der Waals surface area contributed by atoms with Gasteiger partial charge in [-0.25, -0.2) is 0 Å². The van der Waals surface area contributed by atoms with Crippen molar-refractivity contribution in [1.82, 2.24) is 5.32 Å². The molecule has 0 atom stereocenters. The Labute approximate surface area is 103 Å². The number of aryl methyl sites for hydroxylation is 2. The summed E-state index contributed by atoms with van der Waals surface area (Å²) in [6.07, 6.45) is 0. The summed E-state index contributed by atoms with van der Waals surface area (Å²) in [7, 11) is 0. The molecular weight excluding hydrogens is 212 g/mol. The Morgan fingerprint density at radius 3 is 2.53 bits per heavy atom. The Morgan fingerprint density at radius 2 is 2.00 bits per heavy atom. The Morgan fingerprint density at radius 1 is 1.35 bits per heavy atom. The average molecular weight is 234 g/mol. The van der Waals surface area contributed by atoms with E-state index in [0.29, 0.717) is 13.1 Å². The molecular formula is C14H22N2O. The van der Waals surface area contributed by atoms with Crippen LogP contribution in [0.3, 0.4) is 0 Å². The van der Waals surface area contributed by atoms with Gasteiger partial charge in [0.05, 0.1) is 5.41 Å². The Hall–Kier alpha value is -1.35. The van der Waals surface area contributed by atoms with E-state index < -0.39 is 5.41 Å². The molecule has 94 valence electrons. The molecule has 1 rings (SSSR count). The fourth-order valence-electron chi connectivity index (χ4n) is 1.55. The van der Waals surface area contributed by atoms with Gasteiger partial charge in [0.1, 0.15) is 0 Å². The van der Waals surface area contributed by atoms with Gasteiger partial charge in [-0.2, -0.15) is 0 Å². The average Bonchev–Trinajstić information content (AvgIpc) is 2.27.